The molecule has 1 aromatic rings. The molecule has 0 aliphatic carbocycles. The van der Waals surface area contributed by atoms with E-state index in [1.54, 1.807) is 0 Å². The van der Waals surface area contributed by atoms with Crippen molar-refractivity contribution >= 4 is 5.57 Å². The van der Waals surface area contributed by atoms with Crippen LogP contribution < -0.4 is 0 Å². The lowest BCUT2D eigenvalue weighted by molar-refractivity contribution is 0.334. The lowest BCUT2D eigenvalue weighted by atomic mass is 10.0. The zero-order valence-electron chi connectivity index (χ0n) is 9.03. The van der Waals surface area contributed by atoms with Crippen molar-refractivity contribution in [3.05, 3.63) is 42.0 Å². The maximum Gasteiger partial charge on any atom is 0.106 e. The molecule has 1 aliphatic rings. The van der Waals surface area contributed by atoms with Crippen LogP contribution in [0.1, 0.15) is 19.4 Å². The van der Waals surface area contributed by atoms with Gasteiger partial charge in [-0.1, -0.05) is 36.3 Å². The van der Waals surface area contributed by atoms with E-state index in [4.69, 9.17) is 11.2 Å². The Labute approximate surface area is 90.8 Å². The standard InChI is InChI=1S/C14H14O/c1-4-11(10-13-14(2,3)15-13)12-8-6-5-7-9-12/h1,5-10,13H,2-3H3/b11-10+. The minimum atomic E-state index is -0.0448. The predicted octanol–water partition coefficient (Wildman–Crippen LogP) is 2.88. The van der Waals surface area contributed by atoms with Gasteiger partial charge in [-0.05, 0) is 25.5 Å². The second kappa shape index (κ2) is 3.56. The molecule has 0 saturated carbocycles. The molecule has 0 spiro atoms. The first-order valence-corrected chi connectivity index (χ1v) is 5.05. The molecular weight excluding hydrogens is 184 g/mol. The van der Waals surface area contributed by atoms with Crippen LogP contribution in [-0.2, 0) is 4.74 Å². The number of ether oxygens (including phenoxy) is 1. The van der Waals surface area contributed by atoms with Gasteiger partial charge in [-0.3, -0.25) is 0 Å². The highest BCUT2D eigenvalue weighted by atomic mass is 16.6. The van der Waals surface area contributed by atoms with Crippen molar-refractivity contribution in [2.45, 2.75) is 25.6 Å². The normalized spacial score (nSPS) is 23.3. The van der Waals surface area contributed by atoms with Crippen molar-refractivity contribution in [2.75, 3.05) is 0 Å². The molecule has 1 atom stereocenters. The van der Waals surface area contributed by atoms with Crippen LogP contribution in [0, 0.1) is 12.3 Å². The summed E-state index contributed by atoms with van der Waals surface area (Å²) in [5.74, 6) is 2.71. The van der Waals surface area contributed by atoms with Gasteiger partial charge in [0.25, 0.3) is 0 Å². The highest BCUT2D eigenvalue weighted by molar-refractivity contribution is 5.78. The quantitative estimate of drug-likeness (QED) is 0.526. The second-order valence-electron chi connectivity index (χ2n) is 4.23. The first kappa shape index (κ1) is 10.0. The third-order valence-corrected chi connectivity index (χ3v) is 2.62. The summed E-state index contributed by atoms with van der Waals surface area (Å²) in [6.45, 7) is 4.13. The van der Waals surface area contributed by atoms with E-state index in [0.717, 1.165) is 11.1 Å². The molecule has 0 bridgehead atoms. The Hall–Kier alpha value is -1.52. The summed E-state index contributed by atoms with van der Waals surface area (Å²) in [4.78, 5) is 0. The van der Waals surface area contributed by atoms with Gasteiger partial charge < -0.3 is 4.74 Å². The van der Waals surface area contributed by atoms with Crippen molar-refractivity contribution < 1.29 is 4.74 Å². The van der Waals surface area contributed by atoms with E-state index in [9.17, 15) is 0 Å². The number of rotatable bonds is 2. The van der Waals surface area contributed by atoms with Crippen LogP contribution in [0.4, 0.5) is 0 Å². The van der Waals surface area contributed by atoms with Gasteiger partial charge in [-0.25, -0.2) is 0 Å². The van der Waals surface area contributed by atoms with Crippen molar-refractivity contribution in [3.8, 4) is 12.3 Å². The van der Waals surface area contributed by atoms with E-state index in [0.29, 0.717) is 0 Å². The minimum Gasteiger partial charge on any atom is -0.362 e. The molecule has 1 nitrogen and oxygen atoms in total. The number of terminal acetylenes is 1. The maximum absolute atomic E-state index is 5.50. The summed E-state index contributed by atoms with van der Waals surface area (Å²) < 4.78 is 5.49. The van der Waals surface area contributed by atoms with Crippen LogP contribution in [0.2, 0.25) is 0 Å². The van der Waals surface area contributed by atoms with Crippen molar-refractivity contribution in [2.24, 2.45) is 0 Å². The number of epoxide rings is 1. The monoisotopic (exact) mass is 198 g/mol. The third-order valence-electron chi connectivity index (χ3n) is 2.62. The molecular formula is C14H14O. The van der Waals surface area contributed by atoms with E-state index in [-0.39, 0.29) is 11.7 Å². The number of allylic oxidation sites excluding steroid dienone is 1. The number of hydrogen-bond donors (Lipinski definition) is 0. The zero-order chi connectivity index (χ0) is 10.9. The van der Waals surface area contributed by atoms with Gasteiger partial charge >= 0.3 is 0 Å². The summed E-state index contributed by atoms with van der Waals surface area (Å²) in [7, 11) is 0. The Morgan fingerprint density at radius 3 is 2.47 bits per heavy atom. The molecule has 15 heavy (non-hydrogen) atoms. The Bertz CT molecular complexity index is 420. The van der Waals surface area contributed by atoms with Crippen LogP contribution in [0.25, 0.3) is 5.57 Å². The zero-order valence-corrected chi connectivity index (χ0v) is 9.03. The van der Waals surface area contributed by atoms with Crippen molar-refractivity contribution in [3.63, 3.8) is 0 Å². The van der Waals surface area contributed by atoms with Gasteiger partial charge in [0.1, 0.15) is 6.10 Å². The van der Waals surface area contributed by atoms with Gasteiger partial charge in [-0.2, -0.15) is 0 Å². The highest BCUT2D eigenvalue weighted by Crippen LogP contribution is 2.37. The van der Waals surface area contributed by atoms with Crippen LogP contribution in [-0.4, -0.2) is 11.7 Å². The van der Waals surface area contributed by atoms with Crippen molar-refractivity contribution in [1.29, 1.82) is 0 Å². The van der Waals surface area contributed by atoms with Gasteiger partial charge in [0.05, 0.1) is 5.60 Å². The predicted molar refractivity (Wildman–Crippen MR) is 62.2 cm³/mol. The molecule has 0 N–H and O–H groups in total. The minimum absolute atomic E-state index is 0.0448. The number of hydrogen-bond acceptors (Lipinski definition) is 1. The third kappa shape index (κ3) is 2.11. The fraction of sp³-hybridized carbons (Fsp3) is 0.286. The topological polar surface area (TPSA) is 12.5 Å². The highest BCUT2D eigenvalue weighted by Gasteiger charge is 2.46. The first-order chi connectivity index (χ1) is 7.13. The van der Waals surface area contributed by atoms with Gasteiger partial charge in [0, 0.05) is 5.57 Å². The summed E-state index contributed by atoms with van der Waals surface area (Å²) in [5, 5.41) is 0. The molecule has 1 unspecified atom stereocenters. The van der Waals surface area contributed by atoms with Gasteiger partial charge in [0.2, 0.25) is 0 Å². The van der Waals surface area contributed by atoms with Crippen molar-refractivity contribution in [1.82, 2.24) is 0 Å². The van der Waals surface area contributed by atoms with E-state index in [1.807, 2.05) is 36.4 Å². The van der Waals surface area contributed by atoms with E-state index >= 15 is 0 Å². The van der Waals surface area contributed by atoms with Gasteiger partial charge in [0.15, 0.2) is 0 Å². The Balaban J connectivity index is 2.24. The fourth-order valence-electron chi connectivity index (χ4n) is 1.52. The number of benzene rings is 1. The summed E-state index contributed by atoms with van der Waals surface area (Å²) in [6, 6.07) is 9.98. The SMILES string of the molecule is C#C/C(=C\C1OC1(C)C)c1ccccc1. The Morgan fingerprint density at radius 2 is 2.00 bits per heavy atom. The average Bonchev–Trinajstić information content (AvgIpc) is 2.84. The Morgan fingerprint density at radius 1 is 1.40 bits per heavy atom. The molecule has 2 rings (SSSR count). The average molecular weight is 198 g/mol. The molecule has 0 radical (unpaired) electrons. The Kier molecular flexibility index (Phi) is 2.38. The molecule has 1 aliphatic heterocycles. The molecule has 1 heteroatoms. The van der Waals surface area contributed by atoms with Gasteiger partial charge in [-0.15, -0.1) is 6.42 Å². The van der Waals surface area contributed by atoms with E-state index in [1.165, 1.54) is 0 Å². The summed E-state index contributed by atoms with van der Waals surface area (Å²) >= 11 is 0. The van der Waals surface area contributed by atoms with Crippen LogP contribution >= 0.6 is 0 Å². The summed E-state index contributed by atoms with van der Waals surface area (Å²) in [5.41, 5.74) is 1.94. The van der Waals surface area contributed by atoms with Crippen LogP contribution in [0.3, 0.4) is 0 Å². The van der Waals surface area contributed by atoms with E-state index < -0.39 is 0 Å². The molecule has 1 aromatic carbocycles. The van der Waals surface area contributed by atoms with Crippen LogP contribution in [0.15, 0.2) is 36.4 Å². The molecule has 76 valence electrons. The van der Waals surface area contributed by atoms with Crippen LogP contribution in [0.5, 0.6) is 0 Å². The van der Waals surface area contributed by atoms with E-state index in [2.05, 4.69) is 19.8 Å². The largest absolute Gasteiger partial charge is 0.362 e. The first-order valence-electron chi connectivity index (χ1n) is 5.05. The molecule has 1 fully saturated rings. The molecule has 1 heterocycles. The maximum atomic E-state index is 5.50. The second-order valence-corrected chi connectivity index (χ2v) is 4.23. The lowest BCUT2D eigenvalue weighted by Crippen LogP contribution is -2.00. The molecule has 0 amide bonds. The molecule has 0 aromatic heterocycles. The fourth-order valence-corrected chi connectivity index (χ4v) is 1.52. The summed E-state index contributed by atoms with van der Waals surface area (Å²) in [6.07, 6.45) is 7.68. The smallest absolute Gasteiger partial charge is 0.106 e. The molecule has 1 saturated heterocycles. The lowest BCUT2D eigenvalue weighted by Gasteiger charge is -1.99.